The van der Waals surface area contributed by atoms with Crippen molar-refractivity contribution in [1.82, 2.24) is 4.90 Å². The number of carbonyl (C=O) groups is 2. The molecule has 1 amide bonds. The average molecular weight is 337 g/mol. The summed E-state index contributed by atoms with van der Waals surface area (Å²) in [4.78, 5) is 26.4. The molecule has 0 bridgehead atoms. The number of benzene rings is 1. The topological polar surface area (TPSA) is 46.6 Å². The maximum absolute atomic E-state index is 14.0. The van der Waals surface area contributed by atoms with Crippen LogP contribution in [0.25, 0.3) is 0 Å². The van der Waals surface area contributed by atoms with Crippen LogP contribution in [-0.4, -0.2) is 35.5 Å². The first-order chi connectivity index (χ1) is 11.1. The molecule has 0 N–H and O–H groups in total. The second-order valence-electron chi connectivity index (χ2n) is 7.64. The maximum atomic E-state index is 14.0. The molecule has 3 rings (SSSR count). The van der Waals surface area contributed by atoms with Crippen LogP contribution in [0.5, 0.6) is 0 Å². The van der Waals surface area contributed by atoms with Crippen molar-refractivity contribution < 1.29 is 23.1 Å². The molecule has 6 heteroatoms. The third-order valence-corrected chi connectivity index (χ3v) is 4.80. The number of carbonyl (C=O) groups excluding carboxylic acids is 2. The van der Waals surface area contributed by atoms with E-state index in [0.717, 1.165) is 12.1 Å². The SMILES string of the molecule is CC(C)(C)OC(=O)N1CCC2(CC1)Cc1c(F)ccc(F)c1C2=O. The Labute approximate surface area is 139 Å². The summed E-state index contributed by atoms with van der Waals surface area (Å²) >= 11 is 0. The summed E-state index contributed by atoms with van der Waals surface area (Å²) in [7, 11) is 0. The lowest BCUT2D eigenvalue weighted by atomic mass is 9.75. The van der Waals surface area contributed by atoms with E-state index in [4.69, 9.17) is 4.74 Å². The Morgan fingerprint density at radius 1 is 1.17 bits per heavy atom. The van der Waals surface area contributed by atoms with Gasteiger partial charge in [0.05, 0.1) is 5.56 Å². The fourth-order valence-corrected chi connectivity index (χ4v) is 3.54. The fourth-order valence-electron chi connectivity index (χ4n) is 3.54. The highest BCUT2D eigenvalue weighted by Crippen LogP contribution is 2.46. The third-order valence-electron chi connectivity index (χ3n) is 4.80. The standard InChI is InChI=1S/C18H21F2NO3/c1-17(2,3)24-16(23)21-8-6-18(7-9-21)10-11-12(19)4-5-13(20)14(11)15(18)22/h4-5H,6-10H2,1-3H3. The van der Waals surface area contributed by atoms with Gasteiger partial charge in [0, 0.05) is 24.1 Å². The van der Waals surface area contributed by atoms with Crippen molar-refractivity contribution in [1.29, 1.82) is 0 Å². The highest BCUT2D eigenvalue weighted by molar-refractivity contribution is 6.05. The molecule has 1 fully saturated rings. The molecule has 1 heterocycles. The van der Waals surface area contributed by atoms with Gasteiger partial charge in [-0.25, -0.2) is 13.6 Å². The minimum Gasteiger partial charge on any atom is -0.444 e. The van der Waals surface area contributed by atoms with Crippen molar-refractivity contribution in [3.63, 3.8) is 0 Å². The van der Waals surface area contributed by atoms with Crippen molar-refractivity contribution in [2.75, 3.05) is 13.1 Å². The molecule has 1 aromatic carbocycles. The van der Waals surface area contributed by atoms with E-state index in [1.807, 2.05) is 0 Å². The fraction of sp³-hybridized carbons (Fsp3) is 0.556. The van der Waals surface area contributed by atoms with E-state index in [0.29, 0.717) is 25.9 Å². The van der Waals surface area contributed by atoms with Gasteiger partial charge in [0.25, 0.3) is 0 Å². The van der Waals surface area contributed by atoms with E-state index in [1.54, 1.807) is 25.7 Å². The van der Waals surface area contributed by atoms with Gasteiger partial charge in [-0.2, -0.15) is 0 Å². The first-order valence-corrected chi connectivity index (χ1v) is 8.13. The molecule has 4 nitrogen and oxygen atoms in total. The Morgan fingerprint density at radius 2 is 1.75 bits per heavy atom. The quantitative estimate of drug-likeness (QED) is 0.725. The number of halogens is 2. The van der Waals surface area contributed by atoms with Crippen LogP contribution in [-0.2, 0) is 11.2 Å². The van der Waals surface area contributed by atoms with Gasteiger partial charge in [-0.1, -0.05) is 0 Å². The highest BCUT2D eigenvalue weighted by atomic mass is 19.1. The summed E-state index contributed by atoms with van der Waals surface area (Å²) in [6.45, 7) is 6.06. The van der Waals surface area contributed by atoms with Gasteiger partial charge < -0.3 is 9.64 Å². The number of fused-ring (bicyclic) bond motifs is 1. The molecule has 0 atom stereocenters. The van der Waals surface area contributed by atoms with Gasteiger partial charge >= 0.3 is 6.09 Å². The van der Waals surface area contributed by atoms with E-state index in [9.17, 15) is 18.4 Å². The van der Waals surface area contributed by atoms with Crippen molar-refractivity contribution in [2.24, 2.45) is 5.41 Å². The normalized spacial score (nSPS) is 19.5. The van der Waals surface area contributed by atoms with Crippen LogP contribution in [0.3, 0.4) is 0 Å². The van der Waals surface area contributed by atoms with Crippen LogP contribution < -0.4 is 0 Å². The monoisotopic (exact) mass is 337 g/mol. The predicted octanol–water partition coefficient (Wildman–Crippen LogP) is 3.72. The number of likely N-dealkylation sites (tertiary alicyclic amines) is 1. The van der Waals surface area contributed by atoms with Crippen LogP contribution in [0, 0.1) is 17.0 Å². The van der Waals surface area contributed by atoms with E-state index in [-0.39, 0.29) is 23.3 Å². The molecule has 130 valence electrons. The molecule has 1 aliphatic carbocycles. The van der Waals surface area contributed by atoms with Crippen LogP contribution in [0.2, 0.25) is 0 Å². The lowest BCUT2D eigenvalue weighted by Crippen LogP contribution is -2.47. The Hall–Kier alpha value is -1.98. The second-order valence-corrected chi connectivity index (χ2v) is 7.64. The molecular weight excluding hydrogens is 316 g/mol. The van der Waals surface area contributed by atoms with Crippen molar-refractivity contribution in [2.45, 2.75) is 45.6 Å². The van der Waals surface area contributed by atoms with Gasteiger partial charge in [0.15, 0.2) is 5.78 Å². The summed E-state index contributed by atoms with van der Waals surface area (Å²) in [5.74, 6) is -1.53. The van der Waals surface area contributed by atoms with E-state index in [2.05, 4.69) is 0 Å². The number of amides is 1. The molecule has 1 aliphatic heterocycles. The van der Waals surface area contributed by atoms with Crippen LogP contribution in [0.1, 0.15) is 49.5 Å². The van der Waals surface area contributed by atoms with E-state index in [1.165, 1.54) is 0 Å². The van der Waals surface area contributed by atoms with Gasteiger partial charge in [0.1, 0.15) is 17.2 Å². The minimum absolute atomic E-state index is 0.110. The van der Waals surface area contributed by atoms with Crippen molar-refractivity contribution in [3.05, 3.63) is 34.9 Å². The zero-order valence-electron chi connectivity index (χ0n) is 14.1. The molecule has 1 saturated heterocycles. The number of rotatable bonds is 0. The van der Waals surface area contributed by atoms with Gasteiger partial charge in [-0.3, -0.25) is 4.79 Å². The van der Waals surface area contributed by atoms with Gasteiger partial charge in [0.2, 0.25) is 0 Å². The average Bonchev–Trinajstić information content (AvgIpc) is 2.77. The van der Waals surface area contributed by atoms with Crippen LogP contribution in [0.4, 0.5) is 13.6 Å². The highest BCUT2D eigenvalue weighted by Gasteiger charge is 2.50. The van der Waals surface area contributed by atoms with E-state index >= 15 is 0 Å². The number of Topliss-reactive ketones (excluding diaryl/α,β-unsaturated/α-hetero) is 1. The Bertz CT molecular complexity index is 701. The number of nitrogens with zero attached hydrogens (tertiary/aromatic N) is 1. The Balaban J connectivity index is 1.76. The molecule has 1 aromatic rings. The summed E-state index contributed by atoms with van der Waals surface area (Å²) in [6, 6.07) is 2.07. The number of ketones is 1. The lowest BCUT2D eigenvalue weighted by molar-refractivity contribution is 0.0113. The molecule has 0 aromatic heterocycles. The molecule has 1 spiro atoms. The van der Waals surface area contributed by atoms with Gasteiger partial charge in [-0.05, 0) is 52.2 Å². The van der Waals surface area contributed by atoms with Crippen molar-refractivity contribution >= 4 is 11.9 Å². The second kappa shape index (κ2) is 5.53. The Morgan fingerprint density at radius 3 is 2.29 bits per heavy atom. The smallest absolute Gasteiger partial charge is 0.410 e. The molecule has 0 saturated carbocycles. The molecule has 24 heavy (non-hydrogen) atoms. The Kier molecular flexibility index (Phi) is 3.89. The number of piperidine rings is 1. The number of ether oxygens (including phenoxy) is 1. The first-order valence-electron chi connectivity index (χ1n) is 8.13. The van der Waals surface area contributed by atoms with Crippen LogP contribution >= 0.6 is 0 Å². The first kappa shape index (κ1) is 16.9. The zero-order chi connectivity index (χ0) is 17.7. The summed E-state index contributed by atoms with van der Waals surface area (Å²) in [5.41, 5.74) is -1.33. The maximum Gasteiger partial charge on any atom is 0.410 e. The summed E-state index contributed by atoms with van der Waals surface area (Å²) in [5, 5.41) is 0. The van der Waals surface area contributed by atoms with Crippen LogP contribution in [0.15, 0.2) is 12.1 Å². The zero-order valence-corrected chi connectivity index (χ0v) is 14.1. The largest absolute Gasteiger partial charge is 0.444 e. The molecule has 0 radical (unpaired) electrons. The molecular formula is C18H21F2NO3. The minimum atomic E-state index is -0.802. The summed E-state index contributed by atoms with van der Waals surface area (Å²) < 4.78 is 33.3. The predicted molar refractivity (Wildman–Crippen MR) is 83.9 cm³/mol. The number of hydrogen-bond acceptors (Lipinski definition) is 3. The number of hydrogen-bond donors (Lipinski definition) is 0. The molecule has 0 unspecified atom stereocenters. The molecule has 2 aliphatic rings. The lowest BCUT2D eigenvalue weighted by Gasteiger charge is -2.38. The van der Waals surface area contributed by atoms with Crippen molar-refractivity contribution in [3.8, 4) is 0 Å². The summed E-state index contributed by atoms with van der Waals surface area (Å²) in [6.07, 6.45) is 0.558. The van der Waals surface area contributed by atoms with E-state index < -0.39 is 28.7 Å². The van der Waals surface area contributed by atoms with Gasteiger partial charge in [-0.15, -0.1) is 0 Å². The third kappa shape index (κ3) is 2.78.